The van der Waals surface area contributed by atoms with Crippen LogP contribution in [0, 0.1) is 5.92 Å². The molecule has 0 radical (unpaired) electrons. The summed E-state index contributed by atoms with van der Waals surface area (Å²) in [5.74, 6) is -0.0989. The van der Waals surface area contributed by atoms with Crippen LogP contribution in [0.1, 0.15) is 36.0 Å². The lowest BCUT2D eigenvalue weighted by atomic mass is 9.90. The van der Waals surface area contributed by atoms with Gasteiger partial charge in [0.25, 0.3) is 10.0 Å². The lowest BCUT2D eigenvalue weighted by molar-refractivity contribution is -0.276. The molecule has 3 aromatic carbocycles. The highest BCUT2D eigenvalue weighted by Gasteiger charge is 2.39. The molecule has 1 saturated heterocycles. The van der Waals surface area contributed by atoms with E-state index < -0.39 is 16.3 Å². The minimum absolute atomic E-state index is 0.0543. The quantitative estimate of drug-likeness (QED) is 0.263. The van der Waals surface area contributed by atoms with Crippen LogP contribution >= 0.6 is 23.2 Å². The molecule has 5 rings (SSSR count). The van der Waals surface area contributed by atoms with Crippen LogP contribution in [0.3, 0.4) is 0 Å². The summed E-state index contributed by atoms with van der Waals surface area (Å²) in [7, 11) is -3.77. The fraction of sp³-hybridized carbons (Fsp3) is 0.250. The van der Waals surface area contributed by atoms with Gasteiger partial charge in [-0.1, -0.05) is 84.7 Å². The second-order valence-corrected chi connectivity index (χ2v) is 11.7. The monoisotopic (exact) mass is 587 g/mol. The van der Waals surface area contributed by atoms with Gasteiger partial charge >= 0.3 is 0 Å². The third-order valence-corrected chi connectivity index (χ3v) is 8.86. The molecular formula is C28H27Cl2N3O5S. The van der Waals surface area contributed by atoms with Crippen molar-refractivity contribution in [3.05, 3.63) is 112 Å². The predicted molar refractivity (Wildman–Crippen MR) is 149 cm³/mol. The molecule has 0 aliphatic carbocycles. The standard InChI is InChI=1S/C28H27Cl2N3O5S/c1-18-24(15-33-17-31-26(29)27(33)30)37-28(38-25(18)20-12-10-19(16-34)11-13-20)21-6-5-7-22(14-21)32-39(35,36)23-8-3-2-4-9-23/h2-14,17-18,24-25,28,32,34H,15-16H2,1H3/t18-,24+,25+,28?/m0/s1. The Labute approximate surface area is 237 Å². The summed E-state index contributed by atoms with van der Waals surface area (Å²) in [5, 5.41) is 9.99. The Balaban J connectivity index is 1.45. The average Bonchev–Trinajstić information content (AvgIpc) is 3.27. The minimum atomic E-state index is -3.77. The molecule has 39 heavy (non-hydrogen) atoms. The second-order valence-electron chi connectivity index (χ2n) is 9.34. The summed E-state index contributed by atoms with van der Waals surface area (Å²) >= 11 is 12.4. The van der Waals surface area contributed by atoms with Crippen molar-refractivity contribution in [2.45, 2.75) is 43.5 Å². The maximum Gasteiger partial charge on any atom is 0.261 e. The van der Waals surface area contributed by atoms with Crippen molar-refractivity contribution in [3.8, 4) is 0 Å². The third kappa shape index (κ3) is 6.14. The van der Waals surface area contributed by atoms with Gasteiger partial charge in [-0.05, 0) is 35.4 Å². The first kappa shape index (κ1) is 27.6. The number of benzene rings is 3. The van der Waals surface area contributed by atoms with Crippen LogP contribution < -0.4 is 4.72 Å². The first-order valence-electron chi connectivity index (χ1n) is 12.3. The number of sulfonamides is 1. The Kier molecular flexibility index (Phi) is 8.27. The van der Waals surface area contributed by atoms with Crippen molar-refractivity contribution in [1.29, 1.82) is 0 Å². The fourth-order valence-corrected chi connectivity index (χ4v) is 5.94. The number of nitrogens with one attached hydrogen (secondary N) is 1. The van der Waals surface area contributed by atoms with E-state index in [4.69, 9.17) is 32.7 Å². The van der Waals surface area contributed by atoms with Gasteiger partial charge in [0, 0.05) is 17.2 Å². The molecule has 2 heterocycles. The van der Waals surface area contributed by atoms with E-state index in [9.17, 15) is 13.5 Å². The summed E-state index contributed by atoms with van der Waals surface area (Å²) in [6.45, 7) is 2.36. The van der Waals surface area contributed by atoms with Crippen molar-refractivity contribution in [1.82, 2.24) is 9.55 Å². The van der Waals surface area contributed by atoms with Crippen molar-refractivity contribution in [2.24, 2.45) is 5.92 Å². The Morgan fingerprint density at radius 1 is 0.974 bits per heavy atom. The van der Waals surface area contributed by atoms with Crippen molar-refractivity contribution in [3.63, 3.8) is 0 Å². The van der Waals surface area contributed by atoms with Gasteiger partial charge in [0.2, 0.25) is 0 Å². The molecule has 0 amide bonds. The van der Waals surface area contributed by atoms with Crippen LogP contribution in [0.4, 0.5) is 5.69 Å². The fourth-order valence-electron chi connectivity index (χ4n) is 4.55. The number of ether oxygens (including phenoxy) is 2. The number of aromatic nitrogens is 2. The number of halogens is 2. The van der Waals surface area contributed by atoms with Gasteiger partial charge in [-0.25, -0.2) is 13.4 Å². The largest absolute Gasteiger partial charge is 0.392 e. The molecule has 8 nitrogen and oxygen atoms in total. The van der Waals surface area contributed by atoms with Crippen LogP contribution in [0.25, 0.3) is 0 Å². The van der Waals surface area contributed by atoms with E-state index in [2.05, 4.69) is 9.71 Å². The molecule has 0 bridgehead atoms. The van der Waals surface area contributed by atoms with E-state index in [1.807, 2.05) is 37.3 Å². The molecule has 2 N–H and O–H groups in total. The molecule has 1 aliphatic rings. The van der Waals surface area contributed by atoms with Crippen molar-refractivity contribution >= 4 is 38.9 Å². The molecule has 4 aromatic rings. The number of imidazole rings is 1. The van der Waals surface area contributed by atoms with Gasteiger partial charge in [0.05, 0.1) is 36.6 Å². The van der Waals surface area contributed by atoms with E-state index in [0.29, 0.717) is 22.9 Å². The molecule has 1 aliphatic heterocycles. The molecule has 1 fully saturated rings. The average molecular weight is 589 g/mol. The number of rotatable bonds is 8. The zero-order valence-corrected chi connectivity index (χ0v) is 23.3. The highest BCUT2D eigenvalue weighted by Crippen LogP contribution is 2.42. The molecular weight excluding hydrogens is 561 g/mol. The van der Waals surface area contributed by atoms with Gasteiger partial charge in [-0.2, -0.15) is 0 Å². The summed E-state index contributed by atoms with van der Waals surface area (Å²) in [5.41, 5.74) is 2.75. The molecule has 0 saturated carbocycles. The van der Waals surface area contributed by atoms with E-state index >= 15 is 0 Å². The smallest absolute Gasteiger partial charge is 0.261 e. The number of nitrogens with zero attached hydrogens (tertiary/aromatic N) is 2. The molecule has 1 unspecified atom stereocenters. The molecule has 11 heteroatoms. The summed E-state index contributed by atoms with van der Waals surface area (Å²) in [6, 6.07) is 22.7. The normalized spacial score (nSPS) is 21.5. The number of aliphatic hydroxyl groups excluding tert-OH is 1. The number of hydrogen-bond acceptors (Lipinski definition) is 6. The predicted octanol–water partition coefficient (Wildman–Crippen LogP) is 5.97. The summed E-state index contributed by atoms with van der Waals surface area (Å²) in [6.07, 6.45) is 0.0604. The van der Waals surface area contributed by atoms with E-state index in [1.165, 1.54) is 12.1 Å². The highest BCUT2D eigenvalue weighted by molar-refractivity contribution is 7.92. The van der Waals surface area contributed by atoms with Crippen LogP contribution in [-0.4, -0.2) is 29.2 Å². The highest BCUT2D eigenvalue weighted by atomic mass is 35.5. The number of aliphatic hydroxyl groups is 1. The Hall–Kier alpha value is -2.92. The topological polar surface area (TPSA) is 103 Å². The van der Waals surface area contributed by atoms with E-state index in [1.54, 1.807) is 47.3 Å². The van der Waals surface area contributed by atoms with E-state index in [-0.39, 0.29) is 34.8 Å². The zero-order valence-electron chi connectivity index (χ0n) is 20.9. The molecule has 1 aromatic heterocycles. The van der Waals surface area contributed by atoms with Crippen LogP contribution in [0.5, 0.6) is 0 Å². The summed E-state index contributed by atoms with van der Waals surface area (Å²) < 4.78 is 43.0. The third-order valence-electron chi connectivity index (χ3n) is 6.70. The van der Waals surface area contributed by atoms with Gasteiger partial charge in [0.1, 0.15) is 5.15 Å². The first-order chi connectivity index (χ1) is 18.7. The first-order valence-corrected chi connectivity index (χ1v) is 14.5. The Morgan fingerprint density at radius 3 is 2.38 bits per heavy atom. The van der Waals surface area contributed by atoms with Gasteiger partial charge in [-0.3, -0.25) is 4.72 Å². The zero-order chi connectivity index (χ0) is 27.6. The second kappa shape index (κ2) is 11.7. The van der Waals surface area contributed by atoms with Crippen LogP contribution in [0.2, 0.25) is 10.3 Å². The van der Waals surface area contributed by atoms with Gasteiger partial charge < -0.3 is 19.1 Å². The summed E-state index contributed by atoms with van der Waals surface area (Å²) in [4.78, 5) is 4.24. The van der Waals surface area contributed by atoms with Crippen LogP contribution in [-0.2, 0) is 32.6 Å². The number of hydrogen-bond donors (Lipinski definition) is 2. The molecule has 0 spiro atoms. The maximum absolute atomic E-state index is 12.9. The lowest BCUT2D eigenvalue weighted by Gasteiger charge is -2.41. The minimum Gasteiger partial charge on any atom is -0.392 e. The number of anilines is 1. The van der Waals surface area contributed by atoms with Crippen molar-refractivity contribution < 1.29 is 23.0 Å². The van der Waals surface area contributed by atoms with Gasteiger partial charge in [0.15, 0.2) is 11.4 Å². The van der Waals surface area contributed by atoms with Crippen molar-refractivity contribution in [2.75, 3.05) is 4.72 Å². The van der Waals surface area contributed by atoms with Gasteiger partial charge in [-0.15, -0.1) is 0 Å². The van der Waals surface area contributed by atoms with Crippen LogP contribution in [0.15, 0.2) is 90.1 Å². The Bertz CT molecular complexity index is 1530. The lowest BCUT2D eigenvalue weighted by Crippen LogP contribution is -2.39. The maximum atomic E-state index is 12.9. The SMILES string of the molecule is C[C@H]1[C@@H](Cn2cnc(Cl)c2Cl)OC(c2cccc(NS(=O)(=O)c3ccccc3)c2)O[C@H]1c1ccc(CO)cc1. The molecule has 204 valence electrons. The molecule has 4 atom stereocenters. The Morgan fingerprint density at radius 2 is 1.72 bits per heavy atom. The van der Waals surface area contributed by atoms with E-state index in [0.717, 1.165) is 11.1 Å².